The first kappa shape index (κ1) is 18.1. The summed E-state index contributed by atoms with van der Waals surface area (Å²) in [6, 6.07) is 15.7. The lowest BCUT2D eigenvalue weighted by Crippen LogP contribution is -2.24. The average molecular weight is 350 g/mol. The molecule has 0 aliphatic heterocycles. The molecule has 0 spiro atoms. The molecule has 3 aromatic rings. The first-order valence-corrected chi connectivity index (χ1v) is 8.41. The van der Waals surface area contributed by atoms with Crippen LogP contribution < -0.4 is 10.4 Å². The monoisotopic (exact) mass is 350 g/mol. The Labute approximate surface area is 152 Å². The Balaban J connectivity index is 2.73. The number of carbonyl (C=O) groups is 1. The van der Waals surface area contributed by atoms with Crippen LogP contribution in [0.2, 0.25) is 0 Å². The first-order chi connectivity index (χ1) is 12.5. The Bertz CT molecular complexity index is 1050. The summed E-state index contributed by atoms with van der Waals surface area (Å²) < 4.78 is 10.1. The summed E-state index contributed by atoms with van der Waals surface area (Å²) in [5, 5.41) is 15.8. The van der Waals surface area contributed by atoms with Crippen molar-refractivity contribution < 1.29 is 19.4 Å². The maximum Gasteiger partial charge on any atom is 0.334 e. The van der Waals surface area contributed by atoms with Crippen LogP contribution in [-0.2, 0) is 14.3 Å². The van der Waals surface area contributed by atoms with Crippen molar-refractivity contribution in [2.75, 3.05) is 14.2 Å². The molecule has 0 heterocycles. The zero-order chi connectivity index (χ0) is 18.8. The van der Waals surface area contributed by atoms with E-state index in [9.17, 15) is 9.90 Å². The second-order valence-corrected chi connectivity index (χ2v) is 6.23. The van der Waals surface area contributed by atoms with Crippen LogP contribution in [-0.4, -0.2) is 31.6 Å². The van der Waals surface area contributed by atoms with Gasteiger partial charge in [-0.05, 0) is 46.2 Å². The van der Waals surface area contributed by atoms with Gasteiger partial charge in [-0.2, -0.15) is 0 Å². The van der Waals surface area contributed by atoms with Crippen molar-refractivity contribution in [2.24, 2.45) is 0 Å². The third-order valence-electron chi connectivity index (χ3n) is 4.79. The zero-order valence-corrected chi connectivity index (χ0v) is 15.4. The molecule has 0 aliphatic rings. The van der Waals surface area contributed by atoms with Crippen LogP contribution in [0.15, 0.2) is 48.5 Å². The molecule has 0 aliphatic carbocycles. The molecular formula is C22H22O4. The maximum atomic E-state index is 12.2. The van der Waals surface area contributed by atoms with E-state index in [1.165, 1.54) is 14.2 Å². The molecule has 0 bridgehead atoms. The molecule has 0 fully saturated rings. The highest BCUT2D eigenvalue weighted by atomic mass is 16.6. The Morgan fingerprint density at radius 2 is 1.27 bits per heavy atom. The Hall–Kier alpha value is -2.69. The van der Waals surface area contributed by atoms with Crippen LogP contribution in [0.4, 0.5) is 0 Å². The molecule has 1 unspecified atom stereocenters. The molecule has 134 valence electrons. The third-order valence-corrected chi connectivity index (χ3v) is 4.79. The number of rotatable bonds is 3. The Morgan fingerprint density at radius 3 is 1.65 bits per heavy atom. The van der Waals surface area contributed by atoms with E-state index in [1.807, 2.05) is 55.5 Å². The van der Waals surface area contributed by atoms with Gasteiger partial charge in [0.2, 0.25) is 0 Å². The Morgan fingerprint density at radius 1 is 0.846 bits per heavy atom. The Kier molecular flexibility index (Phi) is 5.07. The van der Waals surface area contributed by atoms with E-state index in [0.717, 1.165) is 37.6 Å². The molecule has 0 radical (unpaired) electrons. The number of hydrogen-bond acceptors (Lipinski definition) is 4. The summed E-state index contributed by atoms with van der Waals surface area (Å²) in [6.45, 7) is 3.64. The molecule has 0 aromatic heterocycles. The number of fused-ring (bicyclic) bond motifs is 2. The molecule has 0 saturated carbocycles. The van der Waals surface area contributed by atoms with Gasteiger partial charge in [0.15, 0.2) is 6.29 Å². The highest BCUT2D eigenvalue weighted by Crippen LogP contribution is 2.17. The standard InChI is InChI=1S/C22H22O4/c1-13(21(23)25-3)19-15-9-5-7-11-17(15)20(14(2)22(24)26-4)18-12-8-6-10-16(18)19/h5-12,21,23H,1-4H3. The van der Waals surface area contributed by atoms with Gasteiger partial charge in [-0.1, -0.05) is 48.5 Å². The third kappa shape index (κ3) is 2.87. The van der Waals surface area contributed by atoms with E-state index in [0.29, 0.717) is 5.57 Å². The number of methoxy groups -OCH3 is 2. The van der Waals surface area contributed by atoms with Gasteiger partial charge in [-0.15, -0.1) is 0 Å². The molecule has 1 N–H and O–H groups in total. The lowest BCUT2D eigenvalue weighted by molar-refractivity contribution is -0.133. The normalized spacial score (nSPS) is 12.2. The highest BCUT2D eigenvalue weighted by Gasteiger charge is 2.14. The molecule has 0 amide bonds. The summed E-state index contributed by atoms with van der Waals surface area (Å²) in [7, 11) is 2.86. The number of aliphatic hydroxyl groups is 1. The molecule has 4 nitrogen and oxygen atoms in total. The van der Waals surface area contributed by atoms with Crippen LogP contribution in [0.5, 0.6) is 0 Å². The van der Waals surface area contributed by atoms with Gasteiger partial charge in [0.1, 0.15) is 0 Å². The first-order valence-electron chi connectivity index (χ1n) is 8.41. The van der Waals surface area contributed by atoms with Crippen molar-refractivity contribution in [1.82, 2.24) is 0 Å². The second kappa shape index (κ2) is 7.28. The molecule has 26 heavy (non-hydrogen) atoms. The van der Waals surface area contributed by atoms with Gasteiger partial charge >= 0.3 is 5.97 Å². The summed E-state index contributed by atoms with van der Waals surface area (Å²) in [6.07, 6.45) is -1.00. The SMILES string of the molecule is COC(=O)C(C)=c1c2ccccc2c(=C(C)C(O)OC)c2ccccc12. The van der Waals surface area contributed by atoms with Crippen molar-refractivity contribution in [1.29, 1.82) is 0 Å². The van der Waals surface area contributed by atoms with Gasteiger partial charge in [0, 0.05) is 17.9 Å². The quantitative estimate of drug-likeness (QED) is 0.448. The van der Waals surface area contributed by atoms with Gasteiger partial charge in [-0.3, -0.25) is 0 Å². The number of hydrogen-bond donors (Lipinski definition) is 1. The number of ether oxygens (including phenoxy) is 2. The largest absolute Gasteiger partial charge is 0.466 e. The lowest BCUT2D eigenvalue weighted by Gasteiger charge is -2.14. The number of carbonyl (C=O) groups excluding carboxylic acids is 1. The van der Waals surface area contributed by atoms with Crippen molar-refractivity contribution >= 4 is 38.7 Å². The van der Waals surface area contributed by atoms with Gasteiger partial charge in [0.05, 0.1) is 7.11 Å². The van der Waals surface area contributed by atoms with E-state index in [2.05, 4.69) is 0 Å². The molecular weight excluding hydrogens is 328 g/mol. The number of aliphatic hydroxyl groups excluding tert-OH is 1. The number of esters is 1. The minimum atomic E-state index is -1.00. The predicted molar refractivity (Wildman–Crippen MR) is 104 cm³/mol. The minimum absolute atomic E-state index is 0.356. The summed E-state index contributed by atoms with van der Waals surface area (Å²) in [4.78, 5) is 12.2. The van der Waals surface area contributed by atoms with E-state index in [4.69, 9.17) is 9.47 Å². The van der Waals surface area contributed by atoms with E-state index < -0.39 is 6.29 Å². The molecule has 4 heteroatoms. The van der Waals surface area contributed by atoms with E-state index in [1.54, 1.807) is 6.92 Å². The molecule has 0 saturated heterocycles. The van der Waals surface area contributed by atoms with Gasteiger partial charge < -0.3 is 14.6 Å². The predicted octanol–water partition coefficient (Wildman–Crippen LogP) is 2.47. The van der Waals surface area contributed by atoms with E-state index in [-0.39, 0.29) is 5.97 Å². The maximum absolute atomic E-state index is 12.2. The highest BCUT2D eigenvalue weighted by molar-refractivity contribution is 6.14. The fourth-order valence-electron chi connectivity index (χ4n) is 3.51. The van der Waals surface area contributed by atoms with Crippen LogP contribution in [0.1, 0.15) is 13.8 Å². The fraction of sp³-hybridized carbons (Fsp3) is 0.227. The van der Waals surface area contributed by atoms with Crippen molar-refractivity contribution in [3.63, 3.8) is 0 Å². The van der Waals surface area contributed by atoms with Crippen molar-refractivity contribution in [2.45, 2.75) is 20.1 Å². The topological polar surface area (TPSA) is 55.8 Å². The second-order valence-electron chi connectivity index (χ2n) is 6.23. The minimum Gasteiger partial charge on any atom is -0.466 e. The smallest absolute Gasteiger partial charge is 0.334 e. The molecule has 1 atom stereocenters. The lowest BCUT2D eigenvalue weighted by atomic mass is 9.93. The van der Waals surface area contributed by atoms with Crippen LogP contribution in [0.25, 0.3) is 32.7 Å². The summed E-state index contributed by atoms with van der Waals surface area (Å²) in [5.41, 5.74) is 1.28. The van der Waals surface area contributed by atoms with Gasteiger partial charge in [0.25, 0.3) is 0 Å². The number of benzene rings is 3. The average Bonchev–Trinajstić information content (AvgIpc) is 2.69. The van der Waals surface area contributed by atoms with Gasteiger partial charge in [-0.25, -0.2) is 4.79 Å². The fourth-order valence-corrected chi connectivity index (χ4v) is 3.51. The van der Waals surface area contributed by atoms with Crippen molar-refractivity contribution in [3.05, 3.63) is 59.0 Å². The summed E-state index contributed by atoms with van der Waals surface area (Å²) >= 11 is 0. The molecule has 3 aromatic carbocycles. The molecule has 3 rings (SSSR count). The summed E-state index contributed by atoms with van der Waals surface area (Å²) in [5.74, 6) is -0.356. The van der Waals surface area contributed by atoms with Crippen LogP contribution in [0, 0.1) is 0 Å². The van der Waals surface area contributed by atoms with Crippen molar-refractivity contribution in [3.8, 4) is 0 Å². The van der Waals surface area contributed by atoms with Crippen LogP contribution in [0.3, 0.4) is 0 Å². The zero-order valence-electron chi connectivity index (χ0n) is 15.4. The van der Waals surface area contributed by atoms with Crippen LogP contribution >= 0.6 is 0 Å². The van der Waals surface area contributed by atoms with E-state index >= 15 is 0 Å².